The molecule has 26 heavy (non-hydrogen) atoms. The number of aliphatic carboxylic acids is 1. The van der Waals surface area contributed by atoms with E-state index < -0.39 is 42.5 Å². The third-order valence-corrected chi connectivity index (χ3v) is 4.21. The number of carbonyl (C=O) groups is 3. The minimum atomic E-state index is -4.53. The van der Waals surface area contributed by atoms with Gasteiger partial charge in [0, 0.05) is 13.0 Å². The summed E-state index contributed by atoms with van der Waals surface area (Å²) < 4.78 is 37.4. The number of benzene rings is 1. The van der Waals surface area contributed by atoms with Gasteiger partial charge in [0.2, 0.25) is 11.8 Å². The van der Waals surface area contributed by atoms with Gasteiger partial charge in [-0.2, -0.15) is 13.2 Å². The first kappa shape index (κ1) is 19.7. The normalized spacial score (nSPS) is 18.7. The zero-order valence-corrected chi connectivity index (χ0v) is 14.0. The number of carbonyl (C=O) groups excluding carboxylic acids is 2. The van der Waals surface area contributed by atoms with Gasteiger partial charge in [0.05, 0.1) is 18.4 Å². The molecule has 0 aliphatic carbocycles. The van der Waals surface area contributed by atoms with Crippen LogP contribution in [0.15, 0.2) is 24.3 Å². The number of carboxylic acids is 1. The number of hydrogen-bond donors (Lipinski definition) is 2. The summed E-state index contributed by atoms with van der Waals surface area (Å²) >= 11 is 0. The first-order chi connectivity index (χ1) is 12.1. The van der Waals surface area contributed by atoms with E-state index in [4.69, 9.17) is 5.11 Å². The Labute approximate surface area is 148 Å². The first-order valence-electron chi connectivity index (χ1n) is 7.99. The van der Waals surface area contributed by atoms with Gasteiger partial charge >= 0.3 is 12.1 Å². The van der Waals surface area contributed by atoms with Crippen molar-refractivity contribution in [3.8, 4) is 0 Å². The smallest absolute Gasteiger partial charge is 0.406 e. The predicted molar refractivity (Wildman–Crippen MR) is 85.1 cm³/mol. The summed E-state index contributed by atoms with van der Waals surface area (Å²) in [5.41, 5.74) is 1.39. The predicted octanol–water partition coefficient (Wildman–Crippen LogP) is 2.04. The van der Waals surface area contributed by atoms with Crippen molar-refractivity contribution >= 4 is 17.8 Å². The molecule has 0 bridgehead atoms. The van der Waals surface area contributed by atoms with E-state index in [9.17, 15) is 27.6 Å². The molecular weight excluding hydrogens is 353 g/mol. The number of carboxylic acid groups (broad SMARTS) is 1. The fraction of sp³-hybridized carbons (Fsp3) is 0.471. The Morgan fingerprint density at radius 2 is 2.00 bits per heavy atom. The van der Waals surface area contributed by atoms with Crippen LogP contribution in [0.3, 0.4) is 0 Å². The van der Waals surface area contributed by atoms with Crippen LogP contribution in [0.25, 0.3) is 0 Å². The second kappa shape index (κ2) is 7.76. The lowest BCUT2D eigenvalue weighted by Crippen LogP contribution is -2.38. The summed E-state index contributed by atoms with van der Waals surface area (Å²) in [6.45, 7) is 0.0319. The molecule has 0 radical (unpaired) electrons. The quantitative estimate of drug-likeness (QED) is 0.800. The lowest BCUT2D eigenvalue weighted by molar-refractivity contribution is -0.157. The Kier molecular flexibility index (Phi) is 5.89. The second-order valence-electron chi connectivity index (χ2n) is 6.31. The molecule has 2 amide bonds. The standard InChI is InChI=1S/C17H19F3N2O4/c1-10-4-2-3-5-12(10)13(7-15(24)25)21-16(26)11-6-14(23)22(8-11)9-17(18,19)20/h2-5,11,13H,6-9H2,1H3,(H,21,26)(H,24,25)/t11-,13-/m0/s1. The van der Waals surface area contributed by atoms with E-state index >= 15 is 0 Å². The average molecular weight is 372 g/mol. The summed E-state index contributed by atoms with van der Waals surface area (Å²) in [5.74, 6) is -3.43. The second-order valence-corrected chi connectivity index (χ2v) is 6.31. The molecule has 1 aliphatic rings. The van der Waals surface area contributed by atoms with Crippen LogP contribution in [0.1, 0.15) is 30.0 Å². The van der Waals surface area contributed by atoms with Gasteiger partial charge in [-0.1, -0.05) is 24.3 Å². The van der Waals surface area contributed by atoms with Crippen LogP contribution in [0, 0.1) is 12.8 Å². The van der Waals surface area contributed by atoms with E-state index in [0.717, 1.165) is 5.56 Å². The van der Waals surface area contributed by atoms with Gasteiger partial charge < -0.3 is 15.3 Å². The van der Waals surface area contributed by atoms with E-state index in [1.165, 1.54) is 0 Å². The van der Waals surface area contributed by atoms with Crippen LogP contribution >= 0.6 is 0 Å². The molecule has 1 aliphatic heterocycles. The molecule has 9 heteroatoms. The third-order valence-electron chi connectivity index (χ3n) is 4.21. The molecule has 1 saturated heterocycles. The number of rotatable bonds is 6. The molecule has 1 aromatic rings. The van der Waals surface area contributed by atoms with E-state index in [2.05, 4.69) is 5.32 Å². The fourth-order valence-electron chi connectivity index (χ4n) is 3.00. The van der Waals surface area contributed by atoms with Crippen molar-refractivity contribution in [3.63, 3.8) is 0 Å². The van der Waals surface area contributed by atoms with E-state index in [1.807, 2.05) is 0 Å². The Morgan fingerprint density at radius 3 is 2.58 bits per heavy atom. The number of halogens is 3. The average Bonchev–Trinajstić information content (AvgIpc) is 2.86. The largest absolute Gasteiger partial charge is 0.481 e. The topological polar surface area (TPSA) is 86.7 Å². The van der Waals surface area contributed by atoms with Crippen molar-refractivity contribution in [2.24, 2.45) is 5.92 Å². The zero-order valence-electron chi connectivity index (χ0n) is 14.0. The van der Waals surface area contributed by atoms with Gasteiger partial charge in [-0.3, -0.25) is 14.4 Å². The Hall–Kier alpha value is -2.58. The first-order valence-corrected chi connectivity index (χ1v) is 7.99. The summed E-state index contributed by atoms with van der Waals surface area (Å²) in [6, 6.07) is 6.09. The minimum absolute atomic E-state index is 0.324. The minimum Gasteiger partial charge on any atom is -0.481 e. The molecule has 1 heterocycles. The van der Waals surface area contributed by atoms with Crippen LogP contribution in [0.2, 0.25) is 0 Å². The molecular formula is C17H19F3N2O4. The van der Waals surface area contributed by atoms with Crippen molar-refractivity contribution in [3.05, 3.63) is 35.4 Å². The van der Waals surface area contributed by atoms with E-state index in [-0.39, 0.29) is 19.4 Å². The van der Waals surface area contributed by atoms with Crippen molar-refractivity contribution in [1.29, 1.82) is 0 Å². The number of hydrogen-bond acceptors (Lipinski definition) is 3. The molecule has 2 rings (SSSR count). The molecule has 2 atom stereocenters. The Bertz CT molecular complexity index is 705. The van der Waals surface area contributed by atoms with Crippen LogP contribution in [0.4, 0.5) is 13.2 Å². The highest BCUT2D eigenvalue weighted by Crippen LogP contribution is 2.26. The summed E-state index contributed by atoms with van der Waals surface area (Å²) in [6.07, 6.45) is -5.23. The fourth-order valence-corrected chi connectivity index (χ4v) is 3.00. The molecule has 1 aromatic carbocycles. The van der Waals surface area contributed by atoms with Gasteiger partial charge in [0.25, 0.3) is 0 Å². The number of likely N-dealkylation sites (tertiary alicyclic amines) is 1. The molecule has 0 spiro atoms. The molecule has 0 saturated carbocycles. The molecule has 0 unspecified atom stereocenters. The van der Waals surface area contributed by atoms with E-state index in [1.54, 1.807) is 31.2 Å². The third kappa shape index (κ3) is 5.21. The van der Waals surface area contributed by atoms with Crippen LogP contribution in [-0.2, 0) is 14.4 Å². The maximum absolute atomic E-state index is 12.5. The maximum atomic E-state index is 12.5. The summed E-state index contributed by atoms with van der Waals surface area (Å²) in [4.78, 5) is 35.8. The number of nitrogens with zero attached hydrogens (tertiary/aromatic N) is 1. The van der Waals surface area contributed by atoms with Gasteiger partial charge in [-0.05, 0) is 18.1 Å². The van der Waals surface area contributed by atoms with Crippen LogP contribution in [0.5, 0.6) is 0 Å². The van der Waals surface area contributed by atoms with Gasteiger partial charge in [0.1, 0.15) is 6.54 Å². The molecule has 0 aromatic heterocycles. The Balaban J connectivity index is 2.09. The highest BCUT2D eigenvalue weighted by molar-refractivity contribution is 5.89. The number of nitrogens with one attached hydrogen (secondary N) is 1. The van der Waals surface area contributed by atoms with Crippen LogP contribution < -0.4 is 5.32 Å². The van der Waals surface area contributed by atoms with Crippen molar-refractivity contribution in [2.75, 3.05) is 13.1 Å². The summed E-state index contributed by atoms with van der Waals surface area (Å²) in [7, 11) is 0. The number of aryl methyl sites for hydroxylation is 1. The van der Waals surface area contributed by atoms with Crippen molar-refractivity contribution < 1.29 is 32.7 Å². The van der Waals surface area contributed by atoms with Crippen LogP contribution in [-0.4, -0.2) is 47.1 Å². The molecule has 6 nitrogen and oxygen atoms in total. The molecule has 142 valence electrons. The monoisotopic (exact) mass is 372 g/mol. The molecule has 1 fully saturated rings. The number of amides is 2. The van der Waals surface area contributed by atoms with Crippen molar-refractivity contribution in [1.82, 2.24) is 10.2 Å². The number of alkyl halides is 3. The molecule has 2 N–H and O–H groups in total. The SMILES string of the molecule is Cc1ccccc1[C@H](CC(=O)O)NC(=O)[C@H]1CC(=O)N(CC(F)(F)F)C1. The Morgan fingerprint density at radius 1 is 1.35 bits per heavy atom. The lowest BCUT2D eigenvalue weighted by Gasteiger charge is -2.22. The highest BCUT2D eigenvalue weighted by atomic mass is 19.4. The maximum Gasteiger partial charge on any atom is 0.406 e. The van der Waals surface area contributed by atoms with Gasteiger partial charge in [-0.15, -0.1) is 0 Å². The van der Waals surface area contributed by atoms with E-state index in [0.29, 0.717) is 10.5 Å². The lowest BCUT2D eigenvalue weighted by atomic mass is 9.97. The van der Waals surface area contributed by atoms with Crippen molar-refractivity contribution in [2.45, 2.75) is 32.0 Å². The van der Waals surface area contributed by atoms with Gasteiger partial charge in [-0.25, -0.2) is 0 Å². The summed E-state index contributed by atoms with van der Waals surface area (Å²) in [5, 5.41) is 11.7. The zero-order chi connectivity index (χ0) is 19.5. The highest BCUT2D eigenvalue weighted by Gasteiger charge is 2.41. The van der Waals surface area contributed by atoms with Gasteiger partial charge in [0.15, 0.2) is 0 Å².